The molecular weight excluding hydrogens is 324 g/mol. The first kappa shape index (κ1) is 17.1. The van der Waals surface area contributed by atoms with Gasteiger partial charge in [-0.05, 0) is 24.3 Å². The Labute approximate surface area is 145 Å². The van der Waals surface area contributed by atoms with Crippen molar-refractivity contribution in [2.45, 2.75) is 6.54 Å². The third-order valence-corrected chi connectivity index (χ3v) is 4.15. The quantitative estimate of drug-likeness (QED) is 0.636. The molecule has 0 saturated carbocycles. The fraction of sp³-hybridized carbons (Fsp3) is 0.353. The number of nitrogens with one attached hydrogen (secondary N) is 1. The second-order valence-corrected chi connectivity index (χ2v) is 5.98. The number of furan rings is 1. The number of nitro benzene ring substituents is 1. The summed E-state index contributed by atoms with van der Waals surface area (Å²) in [5.74, 6) is 0.831. The molecule has 0 bridgehead atoms. The van der Waals surface area contributed by atoms with Crippen LogP contribution in [0.2, 0.25) is 0 Å². The summed E-state index contributed by atoms with van der Waals surface area (Å²) in [5.41, 5.74) is 0.567. The van der Waals surface area contributed by atoms with Gasteiger partial charge in [0.25, 0.3) is 5.69 Å². The van der Waals surface area contributed by atoms with Crippen LogP contribution in [0.5, 0.6) is 0 Å². The molecule has 2 aromatic rings. The number of carbonyl (C=O) groups excluding carboxylic acids is 1. The second-order valence-electron chi connectivity index (χ2n) is 5.98. The Morgan fingerprint density at radius 3 is 2.40 bits per heavy atom. The van der Waals surface area contributed by atoms with Crippen LogP contribution in [0.1, 0.15) is 5.76 Å². The molecule has 1 fully saturated rings. The lowest BCUT2D eigenvalue weighted by Gasteiger charge is -2.33. The molecule has 1 saturated heterocycles. The monoisotopic (exact) mass is 344 g/mol. The standard InChI is InChI=1S/C17H20N4O4/c22-17(18-14-3-5-15(6-4-14)21(23)24)13-20-9-7-19(8-10-20)12-16-2-1-11-25-16/h1-6,11H,7-10,12-13H2,(H,18,22). The van der Waals surface area contributed by atoms with E-state index in [1.165, 1.54) is 24.3 Å². The van der Waals surface area contributed by atoms with Crippen LogP contribution < -0.4 is 5.32 Å². The van der Waals surface area contributed by atoms with Gasteiger partial charge in [0, 0.05) is 44.0 Å². The average Bonchev–Trinajstić information content (AvgIpc) is 3.10. The van der Waals surface area contributed by atoms with Crippen LogP contribution in [0.3, 0.4) is 0 Å². The van der Waals surface area contributed by atoms with E-state index in [0.29, 0.717) is 12.2 Å². The van der Waals surface area contributed by atoms with Crippen LogP contribution in [0, 0.1) is 10.1 Å². The zero-order valence-corrected chi connectivity index (χ0v) is 13.8. The Morgan fingerprint density at radius 2 is 1.80 bits per heavy atom. The number of rotatable bonds is 6. The predicted molar refractivity (Wildman–Crippen MR) is 92.2 cm³/mol. The van der Waals surface area contributed by atoms with Gasteiger partial charge in [0.2, 0.25) is 5.91 Å². The van der Waals surface area contributed by atoms with Crippen LogP contribution in [0.15, 0.2) is 47.1 Å². The largest absolute Gasteiger partial charge is 0.468 e. The summed E-state index contributed by atoms with van der Waals surface area (Å²) < 4.78 is 5.36. The number of nitro groups is 1. The molecular formula is C17H20N4O4. The highest BCUT2D eigenvalue weighted by atomic mass is 16.6. The molecule has 0 atom stereocenters. The fourth-order valence-electron chi connectivity index (χ4n) is 2.80. The highest BCUT2D eigenvalue weighted by Gasteiger charge is 2.19. The van der Waals surface area contributed by atoms with Crippen molar-refractivity contribution in [1.82, 2.24) is 9.80 Å². The highest BCUT2D eigenvalue weighted by Crippen LogP contribution is 2.15. The number of anilines is 1. The van der Waals surface area contributed by atoms with Gasteiger partial charge in [0.05, 0.1) is 24.3 Å². The highest BCUT2D eigenvalue weighted by molar-refractivity contribution is 5.92. The van der Waals surface area contributed by atoms with Gasteiger partial charge in [-0.15, -0.1) is 0 Å². The van der Waals surface area contributed by atoms with Gasteiger partial charge >= 0.3 is 0 Å². The van der Waals surface area contributed by atoms with Crippen molar-refractivity contribution in [3.63, 3.8) is 0 Å². The maximum absolute atomic E-state index is 12.1. The summed E-state index contributed by atoms with van der Waals surface area (Å²) in [5, 5.41) is 13.4. The molecule has 0 unspecified atom stereocenters. The van der Waals surface area contributed by atoms with Crippen molar-refractivity contribution in [3.05, 3.63) is 58.5 Å². The lowest BCUT2D eigenvalue weighted by Crippen LogP contribution is -2.48. The topological polar surface area (TPSA) is 91.9 Å². The van der Waals surface area contributed by atoms with Crippen LogP contribution >= 0.6 is 0 Å². The van der Waals surface area contributed by atoms with Gasteiger partial charge in [0.1, 0.15) is 5.76 Å². The van der Waals surface area contributed by atoms with Crippen molar-refractivity contribution in [1.29, 1.82) is 0 Å². The Kier molecular flexibility index (Phi) is 5.42. The lowest BCUT2D eigenvalue weighted by atomic mass is 10.2. The summed E-state index contributed by atoms with van der Waals surface area (Å²) >= 11 is 0. The third kappa shape index (κ3) is 4.88. The zero-order valence-electron chi connectivity index (χ0n) is 13.8. The van der Waals surface area contributed by atoms with Crippen molar-refractivity contribution < 1.29 is 14.1 Å². The van der Waals surface area contributed by atoms with Gasteiger partial charge in [0.15, 0.2) is 0 Å². The SMILES string of the molecule is O=C(CN1CCN(Cc2ccco2)CC1)Nc1ccc([N+](=O)[O-])cc1. The minimum atomic E-state index is -0.464. The molecule has 1 aromatic heterocycles. The van der Waals surface area contributed by atoms with E-state index in [2.05, 4.69) is 15.1 Å². The maximum Gasteiger partial charge on any atom is 0.269 e. The van der Waals surface area contributed by atoms with E-state index < -0.39 is 4.92 Å². The Hall–Kier alpha value is -2.71. The minimum Gasteiger partial charge on any atom is -0.468 e. The molecule has 1 N–H and O–H groups in total. The number of non-ortho nitro benzene ring substituents is 1. The Balaban J connectivity index is 1.42. The summed E-state index contributed by atoms with van der Waals surface area (Å²) in [6.07, 6.45) is 1.67. The first-order valence-electron chi connectivity index (χ1n) is 8.11. The first-order valence-corrected chi connectivity index (χ1v) is 8.11. The van der Waals surface area contributed by atoms with E-state index in [4.69, 9.17) is 4.42 Å². The zero-order chi connectivity index (χ0) is 17.6. The van der Waals surface area contributed by atoms with Gasteiger partial charge in [-0.25, -0.2) is 0 Å². The second kappa shape index (κ2) is 7.91. The maximum atomic E-state index is 12.1. The molecule has 25 heavy (non-hydrogen) atoms. The average molecular weight is 344 g/mol. The molecule has 8 nitrogen and oxygen atoms in total. The van der Waals surface area contributed by atoms with E-state index in [0.717, 1.165) is 38.5 Å². The first-order chi connectivity index (χ1) is 12.1. The van der Waals surface area contributed by atoms with Crippen LogP contribution in [0.25, 0.3) is 0 Å². The Bertz CT molecular complexity index is 707. The van der Waals surface area contributed by atoms with Gasteiger partial charge in [-0.3, -0.25) is 24.7 Å². The van der Waals surface area contributed by atoms with Crippen LogP contribution in [-0.2, 0) is 11.3 Å². The summed E-state index contributed by atoms with van der Waals surface area (Å²) in [6.45, 7) is 4.49. The Morgan fingerprint density at radius 1 is 1.12 bits per heavy atom. The molecule has 0 spiro atoms. The van der Waals surface area contributed by atoms with Crippen LogP contribution in [-0.4, -0.2) is 53.4 Å². The summed E-state index contributed by atoms with van der Waals surface area (Å²) in [6, 6.07) is 9.68. The smallest absolute Gasteiger partial charge is 0.269 e. The van der Waals surface area contributed by atoms with Gasteiger partial charge in [-0.1, -0.05) is 0 Å². The van der Waals surface area contributed by atoms with Crippen LogP contribution in [0.4, 0.5) is 11.4 Å². The fourth-order valence-corrected chi connectivity index (χ4v) is 2.80. The molecule has 0 aliphatic carbocycles. The summed E-state index contributed by atoms with van der Waals surface area (Å²) in [7, 11) is 0. The van der Waals surface area contributed by atoms with Crippen molar-refractivity contribution in [2.75, 3.05) is 38.0 Å². The summed E-state index contributed by atoms with van der Waals surface area (Å²) in [4.78, 5) is 26.7. The number of amides is 1. The normalized spacial score (nSPS) is 15.8. The molecule has 0 radical (unpaired) electrons. The number of hydrogen-bond acceptors (Lipinski definition) is 6. The number of nitrogens with zero attached hydrogens (tertiary/aromatic N) is 3. The van der Waals surface area contributed by atoms with Crippen molar-refractivity contribution in [2.24, 2.45) is 0 Å². The molecule has 1 aliphatic rings. The van der Waals surface area contributed by atoms with E-state index in [1.54, 1.807) is 6.26 Å². The molecule has 1 amide bonds. The van der Waals surface area contributed by atoms with Gasteiger partial charge < -0.3 is 9.73 Å². The molecule has 8 heteroatoms. The van der Waals surface area contributed by atoms with Crippen molar-refractivity contribution >= 4 is 17.3 Å². The van der Waals surface area contributed by atoms with E-state index in [1.807, 2.05) is 12.1 Å². The minimum absolute atomic E-state index is 0.00526. The van der Waals surface area contributed by atoms with E-state index in [-0.39, 0.29) is 11.6 Å². The van der Waals surface area contributed by atoms with E-state index >= 15 is 0 Å². The molecule has 3 rings (SSSR count). The molecule has 2 heterocycles. The number of piperazine rings is 1. The molecule has 1 aliphatic heterocycles. The molecule has 132 valence electrons. The predicted octanol–water partition coefficient (Wildman–Crippen LogP) is 1.94. The lowest BCUT2D eigenvalue weighted by molar-refractivity contribution is -0.384. The van der Waals surface area contributed by atoms with Crippen molar-refractivity contribution in [3.8, 4) is 0 Å². The third-order valence-electron chi connectivity index (χ3n) is 4.15. The van der Waals surface area contributed by atoms with Gasteiger partial charge in [-0.2, -0.15) is 0 Å². The number of carbonyl (C=O) groups is 1. The number of hydrogen-bond donors (Lipinski definition) is 1. The molecule has 1 aromatic carbocycles. The number of benzene rings is 1. The van der Waals surface area contributed by atoms with E-state index in [9.17, 15) is 14.9 Å².